The molecule has 1 aliphatic rings. The summed E-state index contributed by atoms with van der Waals surface area (Å²) in [5, 5.41) is 0. The van der Waals surface area contributed by atoms with Crippen LogP contribution >= 0.6 is 0 Å². The van der Waals surface area contributed by atoms with E-state index in [-0.39, 0.29) is 11.7 Å². The summed E-state index contributed by atoms with van der Waals surface area (Å²) in [5.41, 5.74) is 2.83. The molecule has 0 bridgehead atoms. The first-order chi connectivity index (χ1) is 12.3. The van der Waals surface area contributed by atoms with Crippen molar-refractivity contribution in [3.63, 3.8) is 0 Å². The zero-order valence-corrected chi connectivity index (χ0v) is 13.8. The Balaban J connectivity index is 1.69. The highest BCUT2D eigenvalue weighted by molar-refractivity contribution is 5.97. The van der Waals surface area contributed by atoms with Gasteiger partial charge in [-0.1, -0.05) is 78.9 Å². The van der Waals surface area contributed by atoms with E-state index in [1.807, 2.05) is 84.9 Å². The molecular formula is C23H18O2. The molecule has 2 heteroatoms. The van der Waals surface area contributed by atoms with Gasteiger partial charge in [0.25, 0.3) is 0 Å². The Morgan fingerprint density at radius 1 is 0.800 bits per heavy atom. The fourth-order valence-electron chi connectivity index (χ4n) is 3.17. The van der Waals surface area contributed by atoms with Gasteiger partial charge in [-0.3, -0.25) is 4.79 Å². The zero-order chi connectivity index (χ0) is 17.1. The molecule has 25 heavy (non-hydrogen) atoms. The van der Waals surface area contributed by atoms with Gasteiger partial charge in [-0.25, -0.2) is 0 Å². The molecule has 4 rings (SSSR count). The number of rotatable bonds is 4. The second-order valence-corrected chi connectivity index (χ2v) is 6.14. The number of carbonyl (C=O) groups excluding carboxylic acids is 1. The lowest BCUT2D eigenvalue weighted by molar-refractivity contribution is 0.0978. The molecule has 0 fully saturated rings. The van der Waals surface area contributed by atoms with Crippen LogP contribution in [0.15, 0.2) is 91.0 Å². The number of ether oxygens (including phenoxy) is 1. The molecule has 0 aliphatic carbocycles. The van der Waals surface area contributed by atoms with Crippen LogP contribution in [-0.4, -0.2) is 5.78 Å². The van der Waals surface area contributed by atoms with Crippen LogP contribution in [0.3, 0.4) is 0 Å². The molecule has 1 heterocycles. The Bertz CT molecular complexity index is 911. The van der Waals surface area contributed by atoms with Gasteiger partial charge < -0.3 is 4.74 Å². The minimum Gasteiger partial charge on any atom is -0.457 e. The summed E-state index contributed by atoms with van der Waals surface area (Å²) in [6, 6.07) is 27.4. The first kappa shape index (κ1) is 15.4. The predicted molar refractivity (Wildman–Crippen MR) is 99.6 cm³/mol. The van der Waals surface area contributed by atoms with Gasteiger partial charge in [-0.2, -0.15) is 0 Å². The third-order valence-electron chi connectivity index (χ3n) is 4.45. The Hall–Kier alpha value is -3.13. The maximum atomic E-state index is 12.7. The van der Waals surface area contributed by atoms with Gasteiger partial charge in [0.1, 0.15) is 11.5 Å². The van der Waals surface area contributed by atoms with Crippen LogP contribution in [0.4, 0.5) is 0 Å². The van der Waals surface area contributed by atoms with E-state index in [4.69, 9.17) is 4.74 Å². The monoisotopic (exact) mass is 326 g/mol. The van der Waals surface area contributed by atoms with Gasteiger partial charge in [-0.15, -0.1) is 0 Å². The molecule has 0 amide bonds. The molecule has 1 aliphatic heterocycles. The fraction of sp³-hybridized carbons (Fsp3) is 0.0870. The van der Waals surface area contributed by atoms with Crippen molar-refractivity contribution in [2.24, 2.45) is 0 Å². The second-order valence-electron chi connectivity index (χ2n) is 6.14. The standard InChI is InChI=1S/C23H18O2/c24-21(17-9-3-1-4-10-17)15-19-16-23(18-11-5-2-6-12-18)25-22-14-8-7-13-20(19)22/h1-14,16,19H,15H2. The third kappa shape index (κ3) is 3.24. The Morgan fingerprint density at radius 2 is 1.44 bits per heavy atom. The highest BCUT2D eigenvalue weighted by Crippen LogP contribution is 2.39. The quantitative estimate of drug-likeness (QED) is 0.594. The van der Waals surface area contributed by atoms with Crippen LogP contribution in [0.25, 0.3) is 5.76 Å². The van der Waals surface area contributed by atoms with Crippen molar-refractivity contribution in [3.05, 3.63) is 108 Å². The molecule has 3 aromatic carbocycles. The van der Waals surface area contributed by atoms with E-state index in [2.05, 4.69) is 6.08 Å². The molecular weight excluding hydrogens is 308 g/mol. The number of ketones is 1. The summed E-state index contributed by atoms with van der Waals surface area (Å²) in [4.78, 5) is 12.7. The number of carbonyl (C=O) groups is 1. The normalized spacial score (nSPS) is 15.7. The zero-order valence-electron chi connectivity index (χ0n) is 13.8. The highest BCUT2D eigenvalue weighted by atomic mass is 16.5. The minimum atomic E-state index is 0.00728. The lowest BCUT2D eigenvalue weighted by atomic mass is 9.88. The van der Waals surface area contributed by atoms with E-state index in [1.54, 1.807) is 0 Å². The van der Waals surface area contributed by atoms with Gasteiger partial charge in [0.05, 0.1) is 0 Å². The molecule has 0 radical (unpaired) electrons. The summed E-state index contributed by atoms with van der Waals surface area (Å²) in [5.74, 6) is 1.79. The predicted octanol–water partition coefficient (Wildman–Crippen LogP) is 5.48. The van der Waals surface area contributed by atoms with Crippen molar-refractivity contribution >= 4 is 11.5 Å². The SMILES string of the molecule is O=C(CC1C=C(c2ccccc2)Oc2ccccc21)c1ccccc1. The van der Waals surface area contributed by atoms with Gasteiger partial charge in [0, 0.05) is 29.0 Å². The Morgan fingerprint density at radius 3 is 2.20 bits per heavy atom. The topological polar surface area (TPSA) is 26.3 Å². The van der Waals surface area contributed by atoms with Gasteiger partial charge >= 0.3 is 0 Å². The van der Waals surface area contributed by atoms with Gasteiger partial charge in [0.15, 0.2) is 5.78 Å². The molecule has 0 spiro atoms. The van der Waals surface area contributed by atoms with Crippen LogP contribution in [0.5, 0.6) is 5.75 Å². The number of hydrogen-bond donors (Lipinski definition) is 0. The summed E-state index contributed by atoms with van der Waals surface area (Å²) < 4.78 is 6.09. The lowest BCUT2D eigenvalue weighted by Crippen LogP contribution is -2.13. The molecule has 0 aromatic heterocycles. The molecule has 0 saturated heterocycles. The van der Waals surface area contributed by atoms with E-state index < -0.39 is 0 Å². The number of fused-ring (bicyclic) bond motifs is 1. The largest absolute Gasteiger partial charge is 0.457 e. The van der Waals surface area contributed by atoms with Crippen molar-refractivity contribution in [2.75, 3.05) is 0 Å². The fourth-order valence-corrected chi connectivity index (χ4v) is 3.17. The summed E-state index contributed by atoms with van der Waals surface area (Å²) >= 11 is 0. The van der Waals surface area contributed by atoms with E-state index in [9.17, 15) is 4.79 Å². The van der Waals surface area contributed by atoms with Crippen LogP contribution in [0, 0.1) is 0 Å². The number of para-hydroxylation sites is 1. The first-order valence-corrected chi connectivity index (χ1v) is 8.43. The highest BCUT2D eigenvalue weighted by Gasteiger charge is 2.24. The average molecular weight is 326 g/mol. The number of hydrogen-bond acceptors (Lipinski definition) is 2. The first-order valence-electron chi connectivity index (χ1n) is 8.43. The summed E-state index contributed by atoms with van der Waals surface area (Å²) in [6.45, 7) is 0. The number of allylic oxidation sites excluding steroid dienone is 1. The molecule has 122 valence electrons. The van der Waals surface area contributed by atoms with E-state index in [0.29, 0.717) is 6.42 Å². The van der Waals surface area contributed by atoms with Crippen molar-refractivity contribution in [3.8, 4) is 5.75 Å². The van der Waals surface area contributed by atoms with Gasteiger partial charge in [0.2, 0.25) is 0 Å². The summed E-state index contributed by atoms with van der Waals surface area (Å²) in [7, 11) is 0. The van der Waals surface area contributed by atoms with E-state index >= 15 is 0 Å². The lowest BCUT2D eigenvalue weighted by Gasteiger charge is -2.25. The third-order valence-corrected chi connectivity index (χ3v) is 4.45. The van der Waals surface area contributed by atoms with Crippen LogP contribution in [-0.2, 0) is 0 Å². The molecule has 0 N–H and O–H groups in total. The summed E-state index contributed by atoms with van der Waals surface area (Å²) in [6.07, 6.45) is 2.50. The van der Waals surface area contributed by atoms with Crippen LogP contribution in [0.2, 0.25) is 0 Å². The van der Waals surface area contributed by atoms with E-state index in [0.717, 1.165) is 28.2 Å². The number of Topliss-reactive ketones (excluding diaryl/α,β-unsaturated/α-hetero) is 1. The smallest absolute Gasteiger partial charge is 0.163 e. The van der Waals surface area contributed by atoms with Crippen molar-refractivity contribution in [2.45, 2.75) is 12.3 Å². The van der Waals surface area contributed by atoms with Crippen molar-refractivity contribution < 1.29 is 9.53 Å². The molecule has 1 atom stereocenters. The van der Waals surface area contributed by atoms with Crippen LogP contribution < -0.4 is 4.74 Å². The maximum absolute atomic E-state index is 12.7. The Kier molecular flexibility index (Phi) is 4.17. The molecule has 3 aromatic rings. The molecule has 0 saturated carbocycles. The molecule has 1 unspecified atom stereocenters. The molecule has 2 nitrogen and oxygen atoms in total. The van der Waals surface area contributed by atoms with Crippen LogP contribution in [0.1, 0.15) is 33.8 Å². The second kappa shape index (κ2) is 6.78. The minimum absolute atomic E-state index is 0.00728. The number of benzene rings is 3. The average Bonchev–Trinajstić information content (AvgIpc) is 2.69. The van der Waals surface area contributed by atoms with Crippen molar-refractivity contribution in [1.29, 1.82) is 0 Å². The van der Waals surface area contributed by atoms with Crippen molar-refractivity contribution in [1.82, 2.24) is 0 Å². The maximum Gasteiger partial charge on any atom is 0.163 e. The van der Waals surface area contributed by atoms with Gasteiger partial charge in [-0.05, 0) is 12.1 Å². The van der Waals surface area contributed by atoms with E-state index in [1.165, 1.54) is 0 Å². The Labute approximate surface area is 147 Å².